The molecule has 346 valence electrons. The molecule has 3 aromatic heterocycles. The quantitative estimate of drug-likeness (QED) is 0.189. The minimum Gasteiger partial charge on any atom is -0.464 e. The molecule has 3 saturated heterocycles. The first-order chi connectivity index (χ1) is 30.8. The molecule has 1 aromatic carbocycles. The van der Waals surface area contributed by atoms with Crippen LogP contribution in [0.5, 0.6) is 0 Å². The molecular weight excluding hydrogens is 835 g/mol. The largest absolute Gasteiger partial charge is 0.464 e. The van der Waals surface area contributed by atoms with Crippen LogP contribution in [0.1, 0.15) is 75.9 Å². The number of hydrogen-bond acceptors (Lipinski definition) is 13. The molecule has 16 nitrogen and oxygen atoms in total. The molecule has 4 aliphatic rings. The molecule has 3 amide bonds. The normalized spacial score (nSPS) is 22.9. The summed E-state index contributed by atoms with van der Waals surface area (Å²) in [6.45, 7) is 17.1. The number of fused-ring (bicyclic) bond motifs is 6. The van der Waals surface area contributed by atoms with Crippen molar-refractivity contribution in [2.45, 2.75) is 84.7 Å². The van der Waals surface area contributed by atoms with Crippen molar-refractivity contribution < 1.29 is 33.3 Å². The summed E-state index contributed by atoms with van der Waals surface area (Å²) < 4.78 is 26.2. The Morgan fingerprint density at radius 2 is 1.88 bits per heavy atom. The number of benzene rings is 1. The predicted octanol–water partition coefficient (Wildman–Crippen LogP) is 5.66. The summed E-state index contributed by atoms with van der Waals surface area (Å²) in [4.78, 5) is 59.2. The number of urea groups is 1. The van der Waals surface area contributed by atoms with Gasteiger partial charge in [0.1, 0.15) is 23.2 Å². The van der Waals surface area contributed by atoms with Crippen LogP contribution in [0.4, 0.5) is 10.5 Å². The Morgan fingerprint density at radius 1 is 1.09 bits per heavy atom. The number of hydrogen-bond donors (Lipinski definition) is 2. The lowest BCUT2D eigenvalue weighted by atomic mass is 9.84. The second-order valence-corrected chi connectivity index (χ2v) is 19.4. The monoisotopic (exact) mass is 899 g/mol. The Balaban J connectivity index is 1.27. The van der Waals surface area contributed by atoms with E-state index in [1.165, 1.54) is 16.3 Å². The number of piperazine rings is 1. The minimum absolute atomic E-state index is 0.150. The molecule has 2 N–H and O–H groups in total. The number of carbonyl (C=O) groups is 3. The Labute approximate surface area is 380 Å². The number of esters is 1. The number of likely N-dealkylation sites (N-methyl/N-ethyl adjacent to an activating group) is 1. The van der Waals surface area contributed by atoms with E-state index in [2.05, 4.69) is 77.2 Å². The van der Waals surface area contributed by atoms with Gasteiger partial charge in [-0.3, -0.25) is 19.6 Å². The van der Waals surface area contributed by atoms with Crippen LogP contribution in [0.2, 0.25) is 0 Å². The van der Waals surface area contributed by atoms with Gasteiger partial charge in [0.2, 0.25) is 0 Å². The van der Waals surface area contributed by atoms with Gasteiger partial charge < -0.3 is 43.5 Å². The van der Waals surface area contributed by atoms with E-state index in [0.717, 1.165) is 76.5 Å². The molecule has 0 spiro atoms. The highest BCUT2D eigenvalue weighted by Gasteiger charge is 2.42. The third-order valence-electron chi connectivity index (χ3n) is 13.1. The number of amides is 3. The van der Waals surface area contributed by atoms with Crippen LogP contribution in [-0.2, 0) is 41.5 Å². The summed E-state index contributed by atoms with van der Waals surface area (Å²) in [5.41, 5.74) is 10.5. The first-order valence-corrected chi connectivity index (χ1v) is 23.7. The number of hydrazine groups is 1. The summed E-state index contributed by atoms with van der Waals surface area (Å²) in [5, 5.41) is 8.09. The van der Waals surface area contributed by atoms with E-state index in [1.54, 1.807) is 19.1 Å². The maximum absolute atomic E-state index is 14.7. The van der Waals surface area contributed by atoms with Gasteiger partial charge in [-0.25, -0.2) is 15.2 Å². The summed E-state index contributed by atoms with van der Waals surface area (Å²) in [6.07, 6.45) is 2.45. The maximum atomic E-state index is 14.7. The molecule has 4 aromatic rings. The lowest BCUT2D eigenvalue weighted by molar-refractivity contribution is -0.156. The lowest BCUT2D eigenvalue weighted by Gasteiger charge is -2.41. The number of aromatic nitrogens is 3. The summed E-state index contributed by atoms with van der Waals surface area (Å²) in [5.74, 6) is -0.615. The molecule has 7 heterocycles. The number of likely N-dealkylation sites (tertiary alicyclic amines) is 1. The third-order valence-corrected chi connectivity index (χ3v) is 14.1. The van der Waals surface area contributed by atoms with Crippen LogP contribution >= 0.6 is 11.3 Å². The number of carbonyl (C=O) groups excluding carboxylic acids is 3. The maximum Gasteiger partial charge on any atom is 0.324 e. The van der Waals surface area contributed by atoms with Crippen LogP contribution in [-0.4, -0.2) is 146 Å². The zero-order valence-electron chi connectivity index (χ0n) is 38.6. The number of nitrogens with zero attached hydrogens (tertiary/aromatic N) is 7. The van der Waals surface area contributed by atoms with Gasteiger partial charge in [0.25, 0.3) is 5.91 Å². The molecule has 6 bridgehead atoms. The van der Waals surface area contributed by atoms with Crippen LogP contribution in [0, 0.1) is 11.3 Å². The number of pyridine rings is 1. The topological polar surface area (TPSA) is 156 Å². The second-order valence-electron chi connectivity index (χ2n) is 18.5. The zero-order valence-corrected chi connectivity index (χ0v) is 39.5. The summed E-state index contributed by atoms with van der Waals surface area (Å²) >= 11 is 1.40. The zero-order chi connectivity index (χ0) is 45.3. The first-order valence-electron chi connectivity index (χ1n) is 22.8. The smallest absolute Gasteiger partial charge is 0.324 e. The lowest BCUT2D eigenvalue weighted by Crippen LogP contribution is -2.63. The fourth-order valence-corrected chi connectivity index (χ4v) is 10.4. The van der Waals surface area contributed by atoms with E-state index in [-0.39, 0.29) is 31.3 Å². The number of nitrogens with one attached hydrogen (secondary N) is 2. The average Bonchev–Trinajstić information content (AvgIpc) is 3.89. The van der Waals surface area contributed by atoms with Crippen molar-refractivity contribution >= 4 is 45.8 Å². The van der Waals surface area contributed by atoms with Crippen molar-refractivity contribution in [1.29, 1.82) is 0 Å². The van der Waals surface area contributed by atoms with Crippen LogP contribution < -0.4 is 15.6 Å². The molecule has 17 heteroatoms. The van der Waals surface area contributed by atoms with Crippen molar-refractivity contribution in [3.8, 4) is 22.5 Å². The molecule has 0 radical (unpaired) electrons. The van der Waals surface area contributed by atoms with E-state index in [1.807, 2.05) is 25.4 Å². The van der Waals surface area contributed by atoms with Gasteiger partial charge in [0.15, 0.2) is 0 Å². The van der Waals surface area contributed by atoms with Crippen LogP contribution in [0.25, 0.3) is 33.4 Å². The number of rotatable bonds is 10. The molecule has 0 saturated carbocycles. The van der Waals surface area contributed by atoms with E-state index < -0.39 is 35.5 Å². The van der Waals surface area contributed by atoms with Crippen molar-refractivity contribution in [3.05, 3.63) is 52.1 Å². The molecule has 3 fully saturated rings. The fourth-order valence-electron chi connectivity index (χ4n) is 9.51. The number of aryl methyl sites for hydroxylation is 1. The molecule has 64 heavy (non-hydrogen) atoms. The standard InChI is InChI=1S/C47H65N9O7S/c1-9-55-38-14-13-31-20-33(38)35(41(55)34-21-32(23-48-39(34)29(3)61-8)53-18-16-52(6)17-19-53)22-47(4,5)28-63-45(58)36-12-11-15-56(51-36)44(57)40(42(62-10-2)43-49-37(31)27-64-43)50-46(59)54-24-30(25-54)26-60-7/h13-14,20-21,23,27,29-30,36,40,42,51H,9-12,15-19,22,24-26,28H2,1-8H3,(H,50,59)/t29-,36-,40-,42-/m0/s1. The predicted molar refractivity (Wildman–Crippen MR) is 247 cm³/mol. The SMILES string of the molecule is CCO[C@@H]1c2nc(cs2)-c2ccc3c(c2)c(c(-c2cc(N4CCN(C)CC4)cnc2[C@H](C)OC)n3CC)CC(C)(C)COC(=O)[C@@H]2CCCN(N2)C(=O)[C@H]1NC(=O)N1CC(COC)C1. The molecule has 8 rings (SSSR count). The Kier molecular flexibility index (Phi) is 13.9. The van der Waals surface area contributed by atoms with Gasteiger partial charge in [-0.1, -0.05) is 19.9 Å². The molecule has 4 atom stereocenters. The van der Waals surface area contributed by atoms with Crippen molar-refractivity contribution in [2.75, 3.05) is 91.8 Å². The van der Waals surface area contributed by atoms with E-state index in [9.17, 15) is 14.4 Å². The van der Waals surface area contributed by atoms with Gasteiger partial charge in [0, 0.05) is 112 Å². The van der Waals surface area contributed by atoms with Crippen molar-refractivity contribution in [2.24, 2.45) is 11.3 Å². The van der Waals surface area contributed by atoms with Gasteiger partial charge >= 0.3 is 12.0 Å². The Hall–Kier alpha value is -4.65. The third kappa shape index (κ3) is 9.38. The number of thiazole rings is 1. The Bertz CT molecular complexity index is 2320. The fraction of sp³-hybridized carbons (Fsp3) is 0.596. The van der Waals surface area contributed by atoms with Gasteiger partial charge in [-0.05, 0) is 70.8 Å². The van der Waals surface area contributed by atoms with Gasteiger partial charge in [0.05, 0.1) is 48.3 Å². The van der Waals surface area contributed by atoms with Gasteiger partial charge in [-0.15, -0.1) is 11.3 Å². The summed E-state index contributed by atoms with van der Waals surface area (Å²) in [6, 6.07) is 6.50. The van der Waals surface area contributed by atoms with E-state index in [4.69, 9.17) is 28.9 Å². The van der Waals surface area contributed by atoms with Crippen LogP contribution in [0.3, 0.4) is 0 Å². The van der Waals surface area contributed by atoms with Crippen molar-refractivity contribution in [3.63, 3.8) is 0 Å². The van der Waals surface area contributed by atoms with E-state index >= 15 is 0 Å². The first kappa shape index (κ1) is 45.9. The Morgan fingerprint density at radius 3 is 2.59 bits per heavy atom. The second kappa shape index (κ2) is 19.4. The number of methoxy groups -OCH3 is 2. The minimum atomic E-state index is -1.14. The molecule has 0 aliphatic carbocycles. The molecular formula is C47H65N9O7S. The summed E-state index contributed by atoms with van der Waals surface area (Å²) in [7, 11) is 5.53. The average molecular weight is 900 g/mol. The van der Waals surface area contributed by atoms with Crippen molar-refractivity contribution in [1.82, 2.24) is 40.1 Å². The molecule has 0 unspecified atom stereocenters. The van der Waals surface area contributed by atoms with Crippen LogP contribution in [0.15, 0.2) is 35.8 Å². The highest BCUT2D eigenvalue weighted by molar-refractivity contribution is 7.10. The van der Waals surface area contributed by atoms with Gasteiger partial charge in [-0.2, -0.15) is 0 Å². The highest BCUT2D eigenvalue weighted by atomic mass is 32.1. The highest BCUT2D eigenvalue weighted by Crippen LogP contribution is 2.43. The number of ether oxygens (including phenoxy) is 4. The number of anilines is 1. The van der Waals surface area contributed by atoms with E-state index in [0.29, 0.717) is 57.1 Å². The number of cyclic esters (lactones) is 1. The molecule has 4 aliphatic heterocycles.